The van der Waals surface area contributed by atoms with Crippen LogP contribution in [-0.2, 0) is 0 Å². The van der Waals surface area contributed by atoms with E-state index >= 15 is 0 Å². The quantitative estimate of drug-likeness (QED) is 0.313. The predicted octanol–water partition coefficient (Wildman–Crippen LogP) is 1.22. The molecule has 106 valence electrons. The summed E-state index contributed by atoms with van der Waals surface area (Å²) in [5.41, 5.74) is 0.691. The zero-order valence-corrected chi connectivity index (χ0v) is 13.6. The fourth-order valence-corrected chi connectivity index (χ4v) is 1.47. The lowest BCUT2D eigenvalue weighted by Gasteiger charge is -2.09. The van der Waals surface area contributed by atoms with Gasteiger partial charge in [0.2, 0.25) is 0 Å². The summed E-state index contributed by atoms with van der Waals surface area (Å²) in [4.78, 5) is 15.7. The molecule has 1 amide bonds. The normalized spacial score (nSPS) is 10.3. The van der Waals surface area contributed by atoms with E-state index in [2.05, 4.69) is 20.9 Å². The van der Waals surface area contributed by atoms with Gasteiger partial charge in [-0.2, -0.15) is 0 Å². The number of halogens is 1. The number of aliphatic imine (C=N–C) groups is 1. The second-order valence-electron chi connectivity index (χ2n) is 3.72. The van der Waals surface area contributed by atoms with E-state index in [1.807, 2.05) is 25.2 Å². The molecule has 0 aliphatic carbocycles. The minimum absolute atomic E-state index is 0. The maximum absolute atomic E-state index is 11.7. The molecule has 5 nitrogen and oxygen atoms in total. The summed E-state index contributed by atoms with van der Waals surface area (Å²) >= 11 is 0. The molecule has 0 heterocycles. The first-order chi connectivity index (χ1) is 8.77. The third-order valence-electron chi connectivity index (χ3n) is 2.43. The largest absolute Gasteiger partial charge is 0.359 e. The fraction of sp³-hybridized carbons (Fsp3) is 0.385. The fourth-order valence-electron chi connectivity index (χ4n) is 1.47. The SMILES string of the molecule is CN=C(NC)NCCCNC(=O)c1ccccc1.I. The summed E-state index contributed by atoms with van der Waals surface area (Å²) in [6.45, 7) is 1.41. The van der Waals surface area contributed by atoms with E-state index in [1.165, 1.54) is 0 Å². The molecular formula is C13H21IN4O. The van der Waals surface area contributed by atoms with Crippen LogP contribution in [-0.4, -0.2) is 39.1 Å². The van der Waals surface area contributed by atoms with Crippen molar-refractivity contribution in [1.82, 2.24) is 16.0 Å². The molecule has 0 radical (unpaired) electrons. The number of guanidine groups is 1. The van der Waals surface area contributed by atoms with Gasteiger partial charge in [0, 0.05) is 32.7 Å². The number of nitrogens with zero attached hydrogens (tertiary/aromatic N) is 1. The molecular weight excluding hydrogens is 355 g/mol. The number of rotatable bonds is 5. The molecule has 3 N–H and O–H groups in total. The molecule has 0 aliphatic rings. The van der Waals surface area contributed by atoms with E-state index in [9.17, 15) is 4.79 Å². The third kappa shape index (κ3) is 7.00. The van der Waals surface area contributed by atoms with Gasteiger partial charge in [0.05, 0.1) is 0 Å². The molecule has 1 rings (SSSR count). The van der Waals surface area contributed by atoms with E-state index < -0.39 is 0 Å². The highest BCUT2D eigenvalue weighted by molar-refractivity contribution is 14.0. The van der Waals surface area contributed by atoms with Gasteiger partial charge in [0.1, 0.15) is 0 Å². The van der Waals surface area contributed by atoms with Gasteiger partial charge < -0.3 is 16.0 Å². The molecule has 0 saturated carbocycles. The molecule has 0 saturated heterocycles. The van der Waals surface area contributed by atoms with Crippen molar-refractivity contribution < 1.29 is 4.79 Å². The average Bonchev–Trinajstić information content (AvgIpc) is 2.43. The zero-order valence-electron chi connectivity index (χ0n) is 11.3. The second kappa shape index (κ2) is 10.6. The predicted molar refractivity (Wildman–Crippen MR) is 89.2 cm³/mol. The van der Waals surface area contributed by atoms with Crippen LogP contribution in [0.1, 0.15) is 16.8 Å². The monoisotopic (exact) mass is 376 g/mol. The van der Waals surface area contributed by atoms with E-state index in [-0.39, 0.29) is 29.9 Å². The minimum atomic E-state index is -0.0337. The first-order valence-electron chi connectivity index (χ1n) is 5.99. The minimum Gasteiger partial charge on any atom is -0.359 e. The Morgan fingerprint density at radius 1 is 1.16 bits per heavy atom. The first kappa shape index (κ1) is 17.7. The van der Waals surface area contributed by atoms with E-state index in [1.54, 1.807) is 19.2 Å². The Morgan fingerprint density at radius 3 is 2.37 bits per heavy atom. The number of amides is 1. The van der Waals surface area contributed by atoms with Crippen molar-refractivity contribution >= 4 is 35.8 Å². The number of hydrogen-bond donors (Lipinski definition) is 3. The van der Waals surface area contributed by atoms with Crippen molar-refractivity contribution in [2.24, 2.45) is 4.99 Å². The maximum atomic E-state index is 11.7. The number of benzene rings is 1. The number of carbonyl (C=O) groups is 1. The Morgan fingerprint density at radius 2 is 1.79 bits per heavy atom. The van der Waals surface area contributed by atoms with Crippen LogP contribution in [0, 0.1) is 0 Å². The summed E-state index contributed by atoms with van der Waals surface area (Å²) in [5, 5.41) is 8.92. The number of carbonyl (C=O) groups excluding carboxylic acids is 1. The molecule has 0 aliphatic heterocycles. The Hall–Kier alpha value is -1.31. The summed E-state index contributed by atoms with van der Waals surface area (Å²) in [5.74, 6) is 0.720. The van der Waals surface area contributed by atoms with E-state index in [0.717, 1.165) is 18.9 Å². The van der Waals surface area contributed by atoms with Gasteiger partial charge >= 0.3 is 0 Å². The lowest BCUT2D eigenvalue weighted by atomic mass is 10.2. The lowest BCUT2D eigenvalue weighted by Crippen LogP contribution is -2.36. The van der Waals surface area contributed by atoms with Gasteiger partial charge in [-0.3, -0.25) is 9.79 Å². The highest BCUT2D eigenvalue weighted by atomic mass is 127. The molecule has 0 unspecified atom stereocenters. The second-order valence-corrected chi connectivity index (χ2v) is 3.72. The van der Waals surface area contributed by atoms with Crippen molar-refractivity contribution in [3.8, 4) is 0 Å². The Kier molecular flexibility index (Phi) is 9.87. The molecule has 1 aromatic rings. The van der Waals surface area contributed by atoms with Crippen LogP contribution in [0.5, 0.6) is 0 Å². The number of nitrogens with one attached hydrogen (secondary N) is 3. The van der Waals surface area contributed by atoms with Crippen molar-refractivity contribution in [2.45, 2.75) is 6.42 Å². The highest BCUT2D eigenvalue weighted by Gasteiger charge is 2.02. The van der Waals surface area contributed by atoms with Gasteiger partial charge in [0.15, 0.2) is 5.96 Å². The third-order valence-corrected chi connectivity index (χ3v) is 2.43. The van der Waals surface area contributed by atoms with E-state index in [4.69, 9.17) is 0 Å². The smallest absolute Gasteiger partial charge is 0.251 e. The summed E-state index contributed by atoms with van der Waals surface area (Å²) < 4.78 is 0. The first-order valence-corrected chi connectivity index (χ1v) is 5.99. The molecule has 0 atom stereocenters. The Bertz CT molecular complexity index is 395. The molecule has 1 aromatic carbocycles. The molecule has 0 bridgehead atoms. The van der Waals surface area contributed by atoms with Gasteiger partial charge in [-0.1, -0.05) is 18.2 Å². The van der Waals surface area contributed by atoms with Crippen LogP contribution in [0.15, 0.2) is 35.3 Å². The topological polar surface area (TPSA) is 65.5 Å². The van der Waals surface area contributed by atoms with Crippen LogP contribution in [0.4, 0.5) is 0 Å². The zero-order chi connectivity index (χ0) is 13.2. The summed E-state index contributed by atoms with van der Waals surface area (Å²) in [7, 11) is 3.53. The van der Waals surface area contributed by atoms with Crippen LogP contribution in [0.3, 0.4) is 0 Å². The van der Waals surface area contributed by atoms with Crippen LogP contribution in [0.25, 0.3) is 0 Å². The number of hydrogen-bond acceptors (Lipinski definition) is 2. The van der Waals surface area contributed by atoms with Gasteiger partial charge in [-0.25, -0.2) is 0 Å². The van der Waals surface area contributed by atoms with Crippen molar-refractivity contribution in [2.75, 3.05) is 27.2 Å². The van der Waals surface area contributed by atoms with Gasteiger partial charge in [-0.05, 0) is 18.6 Å². The molecule has 19 heavy (non-hydrogen) atoms. The molecule has 0 spiro atoms. The molecule has 0 fully saturated rings. The van der Waals surface area contributed by atoms with Crippen molar-refractivity contribution in [3.63, 3.8) is 0 Å². The highest BCUT2D eigenvalue weighted by Crippen LogP contribution is 1.97. The van der Waals surface area contributed by atoms with E-state index in [0.29, 0.717) is 12.1 Å². The molecule has 0 aromatic heterocycles. The summed E-state index contributed by atoms with van der Waals surface area (Å²) in [6, 6.07) is 9.21. The standard InChI is InChI=1S/C13H20N4O.HI/c1-14-13(15-2)17-10-6-9-16-12(18)11-7-4-3-5-8-11;/h3-5,7-8H,6,9-10H2,1-2H3,(H,16,18)(H2,14,15,17);1H. The Balaban J connectivity index is 0.00000324. The van der Waals surface area contributed by atoms with Gasteiger partial charge in [0.25, 0.3) is 5.91 Å². The van der Waals surface area contributed by atoms with Crippen molar-refractivity contribution in [1.29, 1.82) is 0 Å². The summed E-state index contributed by atoms with van der Waals surface area (Å²) in [6.07, 6.45) is 0.847. The lowest BCUT2D eigenvalue weighted by molar-refractivity contribution is 0.0953. The average molecular weight is 376 g/mol. The Labute approximate surface area is 131 Å². The van der Waals surface area contributed by atoms with Crippen molar-refractivity contribution in [3.05, 3.63) is 35.9 Å². The van der Waals surface area contributed by atoms with Gasteiger partial charge in [-0.15, -0.1) is 24.0 Å². The van der Waals surface area contributed by atoms with Crippen LogP contribution in [0.2, 0.25) is 0 Å². The van der Waals surface area contributed by atoms with Crippen LogP contribution >= 0.6 is 24.0 Å². The van der Waals surface area contributed by atoms with Crippen LogP contribution < -0.4 is 16.0 Å². The maximum Gasteiger partial charge on any atom is 0.251 e. The molecule has 6 heteroatoms.